The molecular weight excluding hydrogens is 286 g/mol. The molecule has 4 heteroatoms. The monoisotopic (exact) mass is 311 g/mol. The fourth-order valence-corrected chi connectivity index (χ4v) is 2.82. The summed E-state index contributed by atoms with van der Waals surface area (Å²) in [5, 5.41) is 4.22. The zero-order valence-corrected chi connectivity index (χ0v) is 14.1. The van der Waals surface area contributed by atoms with Gasteiger partial charge in [-0.1, -0.05) is 25.4 Å². The van der Waals surface area contributed by atoms with Gasteiger partial charge in [-0.25, -0.2) is 0 Å². The largest absolute Gasteiger partial charge is 0.489 e. The van der Waals surface area contributed by atoms with Crippen LogP contribution in [0.2, 0.25) is 5.02 Å². The lowest BCUT2D eigenvalue weighted by Gasteiger charge is -2.33. The minimum atomic E-state index is 0.128. The molecule has 1 N–H and O–H groups in total. The first kappa shape index (κ1) is 16.4. The molecule has 1 aromatic carbocycles. The van der Waals surface area contributed by atoms with E-state index in [-0.39, 0.29) is 6.10 Å². The van der Waals surface area contributed by atoms with E-state index in [1.165, 1.54) is 0 Å². The molecule has 0 radical (unpaired) electrons. The lowest BCUT2D eigenvalue weighted by Crippen LogP contribution is -2.36. The maximum atomic E-state index is 6.28. The number of benzene rings is 1. The third-order valence-corrected chi connectivity index (χ3v) is 4.02. The van der Waals surface area contributed by atoms with Crippen molar-refractivity contribution in [2.45, 2.75) is 58.8 Å². The molecule has 0 aliphatic carbocycles. The van der Waals surface area contributed by atoms with Gasteiger partial charge in [0.25, 0.3) is 0 Å². The Morgan fingerprint density at radius 3 is 2.67 bits per heavy atom. The highest BCUT2D eigenvalue weighted by Crippen LogP contribution is 2.30. The van der Waals surface area contributed by atoms with Crippen molar-refractivity contribution in [2.24, 2.45) is 5.92 Å². The standard InChI is InChI=1S/C17H26ClNO2/c1-11(2)17-10-14(7-8-20-17)19-13-5-6-16(15(18)9-13)21-12(3)4/h5-6,9,11-12,14,17,19H,7-8,10H2,1-4H3. The van der Waals surface area contributed by atoms with Crippen LogP contribution in [0.4, 0.5) is 5.69 Å². The maximum absolute atomic E-state index is 6.28. The molecule has 1 aliphatic rings. The van der Waals surface area contributed by atoms with Crippen LogP contribution < -0.4 is 10.1 Å². The lowest BCUT2D eigenvalue weighted by atomic mass is 9.95. The number of hydrogen-bond donors (Lipinski definition) is 1. The minimum Gasteiger partial charge on any atom is -0.489 e. The molecule has 3 nitrogen and oxygen atoms in total. The number of rotatable bonds is 5. The molecule has 2 rings (SSSR count). The van der Waals surface area contributed by atoms with Crippen molar-refractivity contribution >= 4 is 17.3 Å². The zero-order valence-electron chi connectivity index (χ0n) is 13.4. The van der Waals surface area contributed by atoms with Crippen LogP contribution >= 0.6 is 11.6 Å². The molecule has 1 fully saturated rings. The summed E-state index contributed by atoms with van der Waals surface area (Å²) >= 11 is 6.28. The first-order valence-corrected chi connectivity index (χ1v) is 8.18. The first-order valence-electron chi connectivity index (χ1n) is 7.80. The summed E-state index contributed by atoms with van der Waals surface area (Å²) in [6, 6.07) is 6.35. The first-order chi connectivity index (χ1) is 9.95. The molecule has 0 aromatic heterocycles. The third-order valence-electron chi connectivity index (χ3n) is 3.72. The van der Waals surface area contributed by atoms with Crippen molar-refractivity contribution in [3.63, 3.8) is 0 Å². The Morgan fingerprint density at radius 1 is 1.29 bits per heavy atom. The average molecular weight is 312 g/mol. The van der Waals surface area contributed by atoms with Crippen LogP contribution in [-0.2, 0) is 4.74 Å². The fraction of sp³-hybridized carbons (Fsp3) is 0.647. The van der Waals surface area contributed by atoms with Crippen LogP contribution in [-0.4, -0.2) is 24.9 Å². The Kier molecular flexibility index (Phi) is 5.77. The predicted octanol–water partition coefficient (Wildman–Crippen LogP) is 4.74. The van der Waals surface area contributed by atoms with E-state index in [2.05, 4.69) is 19.2 Å². The second kappa shape index (κ2) is 7.37. The molecule has 1 saturated heterocycles. The highest BCUT2D eigenvalue weighted by Gasteiger charge is 2.24. The molecule has 21 heavy (non-hydrogen) atoms. The van der Waals surface area contributed by atoms with Gasteiger partial charge in [0, 0.05) is 18.3 Å². The van der Waals surface area contributed by atoms with Crippen LogP contribution in [0.5, 0.6) is 5.75 Å². The molecule has 118 valence electrons. The molecule has 0 saturated carbocycles. The van der Waals surface area contributed by atoms with E-state index in [1.807, 2.05) is 32.0 Å². The Bertz CT molecular complexity index is 462. The van der Waals surface area contributed by atoms with Crippen molar-refractivity contribution < 1.29 is 9.47 Å². The van der Waals surface area contributed by atoms with Gasteiger partial charge in [-0.05, 0) is 50.8 Å². The van der Waals surface area contributed by atoms with Crippen molar-refractivity contribution in [1.29, 1.82) is 0 Å². The molecule has 1 heterocycles. The van der Waals surface area contributed by atoms with E-state index in [0.717, 1.165) is 30.9 Å². The van der Waals surface area contributed by atoms with Gasteiger partial charge in [0.1, 0.15) is 5.75 Å². The van der Waals surface area contributed by atoms with Gasteiger partial charge in [-0.15, -0.1) is 0 Å². The average Bonchev–Trinajstić information content (AvgIpc) is 2.42. The Labute approximate surface area is 133 Å². The molecule has 0 amide bonds. The summed E-state index contributed by atoms with van der Waals surface area (Å²) in [5.74, 6) is 1.30. The molecule has 1 aromatic rings. The lowest BCUT2D eigenvalue weighted by molar-refractivity contribution is -0.0160. The van der Waals surface area contributed by atoms with Gasteiger partial charge in [0.2, 0.25) is 0 Å². The van der Waals surface area contributed by atoms with Gasteiger partial charge in [-0.3, -0.25) is 0 Å². The molecular formula is C17H26ClNO2. The number of ether oxygens (including phenoxy) is 2. The summed E-state index contributed by atoms with van der Waals surface area (Å²) in [6.45, 7) is 9.24. The van der Waals surface area contributed by atoms with E-state index in [1.54, 1.807) is 0 Å². The zero-order chi connectivity index (χ0) is 15.4. The summed E-state index contributed by atoms with van der Waals surface area (Å²) in [5.41, 5.74) is 1.05. The summed E-state index contributed by atoms with van der Waals surface area (Å²) in [7, 11) is 0. The van der Waals surface area contributed by atoms with Crippen molar-refractivity contribution in [2.75, 3.05) is 11.9 Å². The summed E-state index contributed by atoms with van der Waals surface area (Å²) < 4.78 is 11.5. The quantitative estimate of drug-likeness (QED) is 0.851. The van der Waals surface area contributed by atoms with E-state index in [9.17, 15) is 0 Å². The van der Waals surface area contributed by atoms with E-state index in [4.69, 9.17) is 21.1 Å². The topological polar surface area (TPSA) is 30.5 Å². The van der Waals surface area contributed by atoms with Gasteiger partial charge >= 0.3 is 0 Å². The smallest absolute Gasteiger partial charge is 0.138 e. The minimum absolute atomic E-state index is 0.128. The van der Waals surface area contributed by atoms with E-state index >= 15 is 0 Å². The van der Waals surface area contributed by atoms with Gasteiger partial charge in [0.15, 0.2) is 0 Å². The number of halogens is 1. The van der Waals surface area contributed by atoms with Crippen LogP contribution in [0, 0.1) is 5.92 Å². The fourth-order valence-electron chi connectivity index (χ4n) is 2.60. The number of hydrogen-bond acceptors (Lipinski definition) is 3. The maximum Gasteiger partial charge on any atom is 0.138 e. The van der Waals surface area contributed by atoms with Gasteiger partial charge in [-0.2, -0.15) is 0 Å². The highest BCUT2D eigenvalue weighted by molar-refractivity contribution is 6.32. The van der Waals surface area contributed by atoms with Crippen LogP contribution in [0.3, 0.4) is 0 Å². The predicted molar refractivity (Wildman–Crippen MR) is 88.4 cm³/mol. The SMILES string of the molecule is CC(C)Oc1ccc(NC2CCOC(C(C)C)C2)cc1Cl. The summed E-state index contributed by atoms with van der Waals surface area (Å²) in [4.78, 5) is 0. The normalized spacial score (nSPS) is 22.6. The van der Waals surface area contributed by atoms with Crippen molar-refractivity contribution in [1.82, 2.24) is 0 Å². The molecule has 0 spiro atoms. The number of nitrogens with one attached hydrogen (secondary N) is 1. The molecule has 0 bridgehead atoms. The molecule has 2 unspecified atom stereocenters. The molecule has 2 atom stereocenters. The van der Waals surface area contributed by atoms with Crippen LogP contribution in [0.25, 0.3) is 0 Å². The number of anilines is 1. The Morgan fingerprint density at radius 2 is 2.05 bits per heavy atom. The highest BCUT2D eigenvalue weighted by atomic mass is 35.5. The van der Waals surface area contributed by atoms with Crippen molar-refractivity contribution in [3.8, 4) is 5.75 Å². The van der Waals surface area contributed by atoms with Gasteiger partial charge in [0.05, 0.1) is 17.2 Å². The Hall–Kier alpha value is -0.930. The second-order valence-electron chi connectivity index (χ2n) is 6.33. The van der Waals surface area contributed by atoms with Crippen LogP contribution in [0.1, 0.15) is 40.5 Å². The molecule has 1 aliphatic heterocycles. The Balaban J connectivity index is 1.98. The van der Waals surface area contributed by atoms with E-state index in [0.29, 0.717) is 23.1 Å². The van der Waals surface area contributed by atoms with Crippen LogP contribution in [0.15, 0.2) is 18.2 Å². The second-order valence-corrected chi connectivity index (χ2v) is 6.74. The summed E-state index contributed by atoms with van der Waals surface area (Å²) in [6.07, 6.45) is 2.55. The van der Waals surface area contributed by atoms with E-state index < -0.39 is 0 Å². The van der Waals surface area contributed by atoms with Gasteiger partial charge < -0.3 is 14.8 Å². The van der Waals surface area contributed by atoms with Crippen molar-refractivity contribution in [3.05, 3.63) is 23.2 Å². The third kappa shape index (κ3) is 4.79.